The van der Waals surface area contributed by atoms with Crippen LogP contribution in [0.15, 0.2) is 54.7 Å². The molecule has 7 nitrogen and oxygen atoms in total. The zero-order chi connectivity index (χ0) is 29.5. The van der Waals surface area contributed by atoms with E-state index in [0.717, 1.165) is 18.2 Å². The summed E-state index contributed by atoms with van der Waals surface area (Å²) in [4.78, 5) is 11.1. The summed E-state index contributed by atoms with van der Waals surface area (Å²) in [6.07, 6.45) is 3.10. The van der Waals surface area contributed by atoms with Gasteiger partial charge in [-0.2, -0.15) is 0 Å². The van der Waals surface area contributed by atoms with Gasteiger partial charge in [0.2, 0.25) is 0 Å². The Bertz CT molecular complexity index is 1610. The number of aliphatic carboxylic acids is 1. The molecule has 6 rings (SSSR count). The largest absolute Gasteiger partial charge is 0.488 e. The van der Waals surface area contributed by atoms with E-state index >= 15 is 13.2 Å². The van der Waals surface area contributed by atoms with E-state index in [0.29, 0.717) is 76.9 Å². The topological polar surface area (TPSA) is 80.3 Å². The Balaban J connectivity index is 1.21. The summed E-state index contributed by atoms with van der Waals surface area (Å²) in [5, 5.41) is 10.9. The number of fused-ring (bicyclic) bond motifs is 2. The summed E-state index contributed by atoms with van der Waals surface area (Å²) < 4.78 is 63.0. The highest BCUT2D eigenvalue weighted by Crippen LogP contribution is 2.44. The molecule has 0 bridgehead atoms. The van der Waals surface area contributed by atoms with Gasteiger partial charge in [-0.25, -0.2) is 23.4 Å². The fraction of sp³-hybridized carbons (Fsp3) is 0.281. The van der Waals surface area contributed by atoms with E-state index in [1.54, 1.807) is 24.4 Å². The molecule has 3 aromatic carbocycles. The van der Waals surface area contributed by atoms with Crippen molar-refractivity contribution in [3.8, 4) is 23.0 Å². The van der Waals surface area contributed by atoms with Crippen molar-refractivity contribution in [3.05, 3.63) is 94.4 Å². The first-order valence-corrected chi connectivity index (χ1v) is 13.7. The molecule has 0 aromatic heterocycles. The number of carbonyl (C=O) groups is 1. The number of hydrogen-bond acceptors (Lipinski definition) is 6. The molecule has 218 valence electrons. The molecular formula is C32H29F3N2O5. The van der Waals surface area contributed by atoms with Crippen LogP contribution in [0.1, 0.15) is 48.6 Å². The van der Waals surface area contributed by atoms with Crippen LogP contribution in [0.2, 0.25) is 0 Å². The molecule has 0 spiro atoms. The van der Waals surface area contributed by atoms with E-state index in [9.17, 15) is 4.79 Å². The minimum Gasteiger partial charge on any atom is -0.488 e. The molecule has 2 heterocycles. The van der Waals surface area contributed by atoms with Gasteiger partial charge in [0.25, 0.3) is 0 Å². The maximum absolute atomic E-state index is 15.1. The first kappa shape index (κ1) is 27.7. The second-order valence-corrected chi connectivity index (χ2v) is 10.9. The Morgan fingerprint density at radius 2 is 1.90 bits per heavy atom. The molecule has 0 saturated carbocycles. The zero-order valence-electron chi connectivity index (χ0n) is 23.0. The minimum absolute atomic E-state index is 0.0292. The van der Waals surface area contributed by atoms with Crippen LogP contribution in [-0.4, -0.2) is 35.8 Å². The van der Waals surface area contributed by atoms with Crippen molar-refractivity contribution < 1.29 is 37.3 Å². The molecular weight excluding hydrogens is 549 g/mol. The van der Waals surface area contributed by atoms with Crippen molar-refractivity contribution in [1.29, 1.82) is 0 Å². The smallest absolute Gasteiger partial charge is 0.328 e. The predicted molar refractivity (Wildman–Crippen MR) is 150 cm³/mol. The summed E-state index contributed by atoms with van der Waals surface area (Å²) in [7, 11) is 0. The molecule has 1 unspecified atom stereocenters. The molecule has 3 aliphatic rings. The van der Waals surface area contributed by atoms with Gasteiger partial charge in [0.05, 0.1) is 5.56 Å². The Labute approximate surface area is 240 Å². The van der Waals surface area contributed by atoms with E-state index < -0.39 is 29.5 Å². The number of nitrogens with one attached hydrogen (secondary N) is 1. The second-order valence-electron chi connectivity index (χ2n) is 10.9. The van der Waals surface area contributed by atoms with Crippen LogP contribution < -0.4 is 19.6 Å². The fourth-order valence-electron chi connectivity index (χ4n) is 5.65. The van der Waals surface area contributed by atoms with Crippen molar-refractivity contribution in [2.75, 3.05) is 19.7 Å². The van der Waals surface area contributed by atoms with E-state index in [4.69, 9.17) is 19.3 Å². The van der Waals surface area contributed by atoms with Crippen LogP contribution in [0.3, 0.4) is 0 Å². The number of halogens is 3. The van der Waals surface area contributed by atoms with Gasteiger partial charge in [-0.3, -0.25) is 0 Å². The van der Waals surface area contributed by atoms with Gasteiger partial charge in [-0.1, -0.05) is 13.8 Å². The van der Waals surface area contributed by atoms with Crippen LogP contribution in [0, 0.1) is 23.4 Å². The molecule has 0 saturated heterocycles. The van der Waals surface area contributed by atoms with Gasteiger partial charge in [0, 0.05) is 65.8 Å². The monoisotopic (exact) mass is 578 g/mol. The molecule has 42 heavy (non-hydrogen) atoms. The quantitative estimate of drug-likeness (QED) is 0.290. The summed E-state index contributed by atoms with van der Waals surface area (Å²) in [6, 6.07) is 10.0. The lowest BCUT2D eigenvalue weighted by Crippen LogP contribution is -2.31. The number of hydrogen-bond donors (Lipinski definition) is 2. The van der Waals surface area contributed by atoms with E-state index in [-0.39, 0.29) is 17.9 Å². The molecule has 1 atom stereocenters. The van der Waals surface area contributed by atoms with Crippen molar-refractivity contribution in [3.63, 3.8) is 0 Å². The summed E-state index contributed by atoms with van der Waals surface area (Å²) >= 11 is 0. The third kappa shape index (κ3) is 5.42. The van der Waals surface area contributed by atoms with Gasteiger partial charge in [-0.15, -0.1) is 0 Å². The van der Waals surface area contributed by atoms with Crippen molar-refractivity contribution in [2.45, 2.75) is 32.8 Å². The molecule has 3 aromatic rings. The third-order valence-electron chi connectivity index (χ3n) is 7.41. The van der Waals surface area contributed by atoms with Crippen LogP contribution in [-0.2, 0) is 11.2 Å². The Hall–Kier alpha value is -4.44. The second kappa shape index (κ2) is 11.1. The average molecular weight is 579 g/mol. The van der Waals surface area contributed by atoms with Gasteiger partial charge in [0.1, 0.15) is 53.2 Å². The van der Waals surface area contributed by atoms with Gasteiger partial charge in [0.15, 0.2) is 0 Å². The lowest BCUT2D eigenvalue weighted by molar-refractivity contribution is -0.131. The van der Waals surface area contributed by atoms with E-state index in [1.807, 2.05) is 5.01 Å². The number of nitrogens with zero attached hydrogens (tertiary/aromatic N) is 1. The first-order valence-electron chi connectivity index (χ1n) is 13.7. The summed E-state index contributed by atoms with van der Waals surface area (Å²) in [5.41, 5.74) is 5.62. The van der Waals surface area contributed by atoms with E-state index in [2.05, 4.69) is 19.3 Å². The van der Waals surface area contributed by atoms with Crippen molar-refractivity contribution in [2.24, 2.45) is 5.92 Å². The number of ether oxygens (including phenoxy) is 3. The van der Waals surface area contributed by atoms with Crippen molar-refractivity contribution >= 4 is 17.1 Å². The van der Waals surface area contributed by atoms with Crippen LogP contribution in [0.4, 0.5) is 13.2 Å². The lowest BCUT2D eigenvalue weighted by Gasteiger charge is -2.17. The number of rotatable bonds is 8. The maximum atomic E-state index is 15.1. The molecule has 0 radical (unpaired) electrons. The van der Waals surface area contributed by atoms with E-state index in [1.165, 1.54) is 12.1 Å². The zero-order valence-corrected chi connectivity index (χ0v) is 23.0. The normalized spacial score (nSPS) is 18.2. The maximum Gasteiger partial charge on any atom is 0.328 e. The fourth-order valence-corrected chi connectivity index (χ4v) is 5.65. The van der Waals surface area contributed by atoms with Crippen LogP contribution in [0.5, 0.6) is 23.0 Å². The lowest BCUT2D eigenvalue weighted by atomic mass is 10.1. The molecule has 0 amide bonds. The Kier molecular flexibility index (Phi) is 7.32. The summed E-state index contributed by atoms with van der Waals surface area (Å²) in [5.74, 6) is -1.45. The summed E-state index contributed by atoms with van der Waals surface area (Å²) in [6.45, 7) is 5.27. The number of carboxylic acid groups (broad SMARTS) is 1. The highest BCUT2D eigenvalue weighted by atomic mass is 19.1. The molecule has 2 aliphatic heterocycles. The number of carboxylic acids is 1. The average Bonchev–Trinajstić information content (AvgIpc) is 3.65. The third-order valence-corrected chi connectivity index (χ3v) is 7.41. The van der Waals surface area contributed by atoms with Gasteiger partial charge >= 0.3 is 5.97 Å². The van der Waals surface area contributed by atoms with Gasteiger partial charge in [-0.05, 0) is 48.6 Å². The minimum atomic E-state index is -1.06. The highest BCUT2D eigenvalue weighted by molar-refractivity contribution is 5.92. The SMILES string of the molecule is CC(C)CN1C=C(c2c(F)cc(Oc3ccc(F)c4c3CCC4Oc3ccc4c(c3)OCC4=CC(=O)O)cc2F)CN1. The molecule has 0 fully saturated rings. The predicted octanol–water partition coefficient (Wildman–Crippen LogP) is 6.64. The molecule has 2 N–H and O–H groups in total. The Morgan fingerprint density at radius 3 is 2.64 bits per heavy atom. The Morgan fingerprint density at radius 1 is 1.12 bits per heavy atom. The molecule has 1 aliphatic carbocycles. The molecule has 10 heteroatoms. The highest BCUT2D eigenvalue weighted by Gasteiger charge is 2.32. The standard InChI is InChI=1S/C32H29F3N2O5/c1-17(2)14-37-15-19(13-36-37)31-25(34)10-21(11-26(31)35)42-27-8-6-24(33)32-23(27)5-7-28(32)41-20-3-4-22-18(9-30(38)39)16-40-29(22)12-20/h3-4,6,8-12,15,17,28,36H,5,7,13-14,16H2,1-2H3,(H,38,39). The number of benzene rings is 3. The number of hydrazine groups is 1. The first-order chi connectivity index (χ1) is 20.2. The van der Waals surface area contributed by atoms with Gasteiger partial charge < -0.3 is 24.3 Å². The van der Waals surface area contributed by atoms with Crippen LogP contribution in [0.25, 0.3) is 11.1 Å². The van der Waals surface area contributed by atoms with Crippen molar-refractivity contribution in [1.82, 2.24) is 10.4 Å². The van der Waals surface area contributed by atoms with Crippen LogP contribution >= 0.6 is 0 Å².